The van der Waals surface area contributed by atoms with Gasteiger partial charge in [-0.15, -0.1) is 0 Å². The molecule has 0 aliphatic heterocycles. The van der Waals surface area contributed by atoms with E-state index in [-0.39, 0.29) is 17.6 Å². The van der Waals surface area contributed by atoms with E-state index in [9.17, 15) is 14.7 Å². The Balaban J connectivity index is 1.55. The molecule has 1 saturated carbocycles. The van der Waals surface area contributed by atoms with E-state index in [1.54, 1.807) is 19.1 Å². The quantitative estimate of drug-likeness (QED) is 0.590. The zero-order valence-corrected chi connectivity index (χ0v) is 15.5. The highest BCUT2D eigenvalue weighted by molar-refractivity contribution is 5.80. The highest BCUT2D eigenvalue weighted by Gasteiger charge is 2.16. The van der Waals surface area contributed by atoms with E-state index in [0.717, 1.165) is 6.42 Å². The number of ether oxygens (including phenoxy) is 1. The molecule has 1 aromatic carbocycles. The summed E-state index contributed by atoms with van der Waals surface area (Å²) < 4.78 is 5.50. The van der Waals surface area contributed by atoms with Crippen LogP contribution in [0.15, 0.2) is 24.3 Å². The van der Waals surface area contributed by atoms with Crippen molar-refractivity contribution < 1.29 is 19.4 Å². The van der Waals surface area contributed by atoms with Crippen LogP contribution in [0.1, 0.15) is 51.9 Å². The first-order valence-corrected chi connectivity index (χ1v) is 9.54. The molecule has 1 aliphatic carbocycles. The van der Waals surface area contributed by atoms with Crippen molar-refractivity contribution in [3.8, 4) is 11.5 Å². The molecule has 0 radical (unpaired) electrons. The van der Waals surface area contributed by atoms with Gasteiger partial charge < -0.3 is 20.5 Å². The minimum absolute atomic E-state index is 0.0539. The normalized spacial score (nSPS) is 15.9. The lowest BCUT2D eigenvalue weighted by Crippen LogP contribution is -2.40. The van der Waals surface area contributed by atoms with Gasteiger partial charge in [-0.3, -0.25) is 9.59 Å². The Morgan fingerprint density at radius 3 is 2.46 bits per heavy atom. The van der Waals surface area contributed by atoms with Crippen LogP contribution in [0, 0.1) is 5.92 Å². The SMILES string of the molecule is CC(Oc1ccc(O)cc1)C(=O)NCCNC(=O)CCC1CCCCC1. The first-order valence-electron chi connectivity index (χ1n) is 9.54. The van der Waals surface area contributed by atoms with Gasteiger partial charge >= 0.3 is 0 Å². The molecular formula is C20H30N2O4. The molecular weight excluding hydrogens is 332 g/mol. The van der Waals surface area contributed by atoms with Gasteiger partial charge in [-0.05, 0) is 43.5 Å². The summed E-state index contributed by atoms with van der Waals surface area (Å²) in [6, 6.07) is 6.21. The first-order chi connectivity index (χ1) is 12.5. The number of benzene rings is 1. The highest BCUT2D eigenvalue weighted by atomic mass is 16.5. The minimum Gasteiger partial charge on any atom is -0.508 e. The Labute approximate surface area is 155 Å². The molecule has 6 heteroatoms. The summed E-state index contributed by atoms with van der Waals surface area (Å²) in [7, 11) is 0. The lowest BCUT2D eigenvalue weighted by atomic mass is 9.86. The van der Waals surface area contributed by atoms with Gasteiger partial charge in [-0.2, -0.15) is 0 Å². The van der Waals surface area contributed by atoms with Gasteiger partial charge in [0.05, 0.1) is 0 Å². The number of phenolic OH excluding ortho intramolecular Hbond substituents is 1. The summed E-state index contributed by atoms with van der Waals surface area (Å²) in [6.07, 6.45) is 7.31. The smallest absolute Gasteiger partial charge is 0.260 e. The predicted molar refractivity (Wildman–Crippen MR) is 100 cm³/mol. The average Bonchev–Trinajstić information content (AvgIpc) is 2.66. The van der Waals surface area contributed by atoms with Crippen LogP contribution in [0.25, 0.3) is 0 Å². The van der Waals surface area contributed by atoms with Crippen LogP contribution in [0.4, 0.5) is 0 Å². The van der Waals surface area contributed by atoms with Crippen molar-refractivity contribution in [1.29, 1.82) is 0 Å². The minimum atomic E-state index is -0.651. The third-order valence-electron chi connectivity index (χ3n) is 4.77. The van der Waals surface area contributed by atoms with E-state index in [1.807, 2.05) is 0 Å². The summed E-state index contributed by atoms with van der Waals surface area (Å²) in [6.45, 7) is 2.45. The second kappa shape index (κ2) is 10.7. The molecule has 1 unspecified atom stereocenters. The Hall–Kier alpha value is -2.24. The Kier molecular flexibility index (Phi) is 8.25. The summed E-state index contributed by atoms with van der Waals surface area (Å²) in [5.74, 6) is 1.18. The number of phenols is 1. The second-order valence-corrected chi connectivity index (χ2v) is 6.94. The summed E-state index contributed by atoms with van der Waals surface area (Å²) in [4.78, 5) is 23.9. The van der Waals surface area contributed by atoms with Crippen molar-refractivity contribution >= 4 is 11.8 Å². The molecule has 0 heterocycles. The van der Waals surface area contributed by atoms with E-state index in [2.05, 4.69) is 10.6 Å². The number of carbonyl (C=O) groups is 2. The van der Waals surface area contributed by atoms with Crippen molar-refractivity contribution in [2.24, 2.45) is 5.92 Å². The van der Waals surface area contributed by atoms with Crippen molar-refractivity contribution in [1.82, 2.24) is 10.6 Å². The van der Waals surface area contributed by atoms with E-state index in [0.29, 0.717) is 31.2 Å². The van der Waals surface area contributed by atoms with E-state index < -0.39 is 6.10 Å². The molecule has 0 bridgehead atoms. The van der Waals surface area contributed by atoms with Crippen LogP contribution < -0.4 is 15.4 Å². The average molecular weight is 362 g/mol. The fourth-order valence-corrected chi connectivity index (χ4v) is 3.21. The van der Waals surface area contributed by atoms with Crippen LogP contribution in [0.2, 0.25) is 0 Å². The van der Waals surface area contributed by atoms with E-state index in [1.165, 1.54) is 44.2 Å². The van der Waals surface area contributed by atoms with Crippen molar-refractivity contribution in [3.05, 3.63) is 24.3 Å². The van der Waals surface area contributed by atoms with Gasteiger partial charge in [0.15, 0.2) is 6.10 Å². The van der Waals surface area contributed by atoms with Gasteiger partial charge in [0.25, 0.3) is 5.91 Å². The zero-order chi connectivity index (χ0) is 18.8. The van der Waals surface area contributed by atoms with Gasteiger partial charge in [0.1, 0.15) is 11.5 Å². The van der Waals surface area contributed by atoms with Gasteiger partial charge in [0.2, 0.25) is 5.91 Å². The van der Waals surface area contributed by atoms with Crippen molar-refractivity contribution in [3.63, 3.8) is 0 Å². The van der Waals surface area contributed by atoms with Gasteiger partial charge in [0, 0.05) is 19.5 Å². The third-order valence-corrected chi connectivity index (χ3v) is 4.77. The molecule has 1 aliphatic rings. The standard InChI is InChI=1S/C20H30N2O4/c1-15(26-18-10-8-17(23)9-11-18)20(25)22-14-13-21-19(24)12-7-16-5-3-2-4-6-16/h8-11,15-16,23H,2-7,12-14H2,1H3,(H,21,24)(H,22,25). The Morgan fingerprint density at radius 1 is 1.12 bits per heavy atom. The lowest BCUT2D eigenvalue weighted by molar-refractivity contribution is -0.127. The number of nitrogens with one attached hydrogen (secondary N) is 2. The molecule has 0 aromatic heterocycles. The second-order valence-electron chi connectivity index (χ2n) is 6.94. The summed E-state index contributed by atoms with van der Waals surface area (Å²) >= 11 is 0. The van der Waals surface area contributed by atoms with Crippen LogP contribution in [-0.4, -0.2) is 36.1 Å². The maximum Gasteiger partial charge on any atom is 0.260 e. The number of rotatable bonds is 9. The Bertz CT molecular complexity index is 568. The number of amides is 2. The maximum atomic E-state index is 12.0. The Morgan fingerprint density at radius 2 is 1.77 bits per heavy atom. The topological polar surface area (TPSA) is 87.7 Å². The molecule has 3 N–H and O–H groups in total. The first kappa shape index (κ1) is 20.1. The molecule has 1 fully saturated rings. The molecule has 26 heavy (non-hydrogen) atoms. The van der Waals surface area contributed by atoms with Gasteiger partial charge in [-0.1, -0.05) is 32.1 Å². The maximum absolute atomic E-state index is 12.0. The van der Waals surface area contributed by atoms with Crippen LogP contribution in [0.3, 0.4) is 0 Å². The van der Waals surface area contributed by atoms with Crippen molar-refractivity contribution in [2.75, 3.05) is 13.1 Å². The van der Waals surface area contributed by atoms with Crippen LogP contribution in [-0.2, 0) is 9.59 Å². The number of hydrogen-bond donors (Lipinski definition) is 3. The number of aromatic hydroxyl groups is 1. The van der Waals surface area contributed by atoms with Gasteiger partial charge in [-0.25, -0.2) is 0 Å². The van der Waals surface area contributed by atoms with Crippen molar-refractivity contribution in [2.45, 2.75) is 58.0 Å². The summed E-state index contributed by atoms with van der Waals surface area (Å²) in [5, 5.41) is 14.8. The molecule has 144 valence electrons. The number of carbonyl (C=O) groups excluding carboxylic acids is 2. The van der Waals surface area contributed by atoms with E-state index >= 15 is 0 Å². The fourth-order valence-electron chi connectivity index (χ4n) is 3.21. The summed E-state index contributed by atoms with van der Waals surface area (Å²) in [5.41, 5.74) is 0. The molecule has 6 nitrogen and oxygen atoms in total. The molecule has 2 amide bonds. The highest BCUT2D eigenvalue weighted by Crippen LogP contribution is 2.27. The van der Waals surface area contributed by atoms with E-state index in [4.69, 9.17) is 4.74 Å². The van der Waals surface area contributed by atoms with Crippen LogP contribution in [0.5, 0.6) is 11.5 Å². The lowest BCUT2D eigenvalue weighted by Gasteiger charge is -2.21. The third kappa shape index (κ3) is 7.33. The molecule has 0 spiro atoms. The largest absolute Gasteiger partial charge is 0.508 e. The fraction of sp³-hybridized carbons (Fsp3) is 0.600. The molecule has 0 saturated heterocycles. The molecule has 1 atom stereocenters. The monoisotopic (exact) mass is 362 g/mol. The molecule has 2 rings (SSSR count). The number of hydrogen-bond acceptors (Lipinski definition) is 4. The zero-order valence-electron chi connectivity index (χ0n) is 15.5. The molecule has 1 aromatic rings. The van der Waals surface area contributed by atoms with Crippen LogP contribution >= 0.6 is 0 Å². The predicted octanol–water partition coefficient (Wildman–Crippen LogP) is 2.75.